The Labute approximate surface area is 116 Å². The number of hydrogen-bond acceptors (Lipinski definition) is 1. The maximum atomic E-state index is 10.8. The molecule has 19 heavy (non-hydrogen) atoms. The van der Waals surface area contributed by atoms with E-state index in [1.807, 2.05) is 26.0 Å². The van der Waals surface area contributed by atoms with Gasteiger partial charge in [0.05, 0.1) is 5.56 Å². The molecule has 0 spiro atoms. The second-order valence-electron chi connectivity index (χ2n) is 5.05. The number of carboxylic acid groups (broad SMARTS) is 1. The van der Waals surface area contributed by atoms with Crippen LogP contribution in [0.3, 0.4) is 0 Å². The molecule has 1 N–H and O–H groups in total. The van der Waals surface area contributed by atoms with Gasteiger partial charge in [0.15, 0.2) is 0 Å². The molecule has 1 aliphatic carbocycles. The van der Waals surface area contributed by atoms with Gasteiger partial charge < -0.3 is 5.11 Å². The standard InChI is InChI=1S/C15H20O2.C2H6/c1-2-11-3-5-12(6-4-11)13-7-9-14(10-8-13)15(16)17;1-2/h7-12H,2-6H2,1H3,(H,16,17);1-2H3. The minimum absolute atomic E-state index is 0.385. The van der Waals surface area contributed by atoms with Crippen LogP contribution in [0.4, 0.5) is 0 Å². The van der Waals surface area contributed by atoms with Gasteiger partial charge in [-0.05, 0) is 55.2 Å². The van der Waals surface area contributed by atoms with E-state index >= 15 is 0 Å². The zero-order valence-electron chi connectivity index (χ0n) is 12.4. The highest BCUT2D eigenvalue weighted by Crippen LogP contribution is 2.36. The molecule has 1 aromatic carbocycles. The molecule has 0 bridgehead atoms. The first-order valence-electron chi connectivity index (χ1n) is 7.54. The molecule has 2 rings (SSSR count). The van der Waals surface area contributed by atoms with Crippen LogP contribution in [0, 0.1) is 5.92 Å². The molecule has 0 aliphatic heterocycles. The Kier molecular flexibility index (Phi) is 6.61. The van der Waals surface area contributed by atoms with Crippen LogP contribution in [0.15, 0.2) is 24.3 Å². The molecular formula is C17H26O2. The average molecular weight is 262 g/mol. The SMILES string of the molecule is CC.CCC1CCC(c2ccc(C(=O)O)cc2)CC1. The Hall–Kier alpha value is -1.31. The van der Waals surface area contributed by atoms with Crippen LogP contribution in [0.5, 0.6) is 0 Å². The van der Waals surface area contributed by atoms with E-state index in [0.29, 0.717) is 11.5 Å². The summed E-state index contributed by atoms with van der Waals surface area (Å²) in [5.74, 6) is 0.705. The highest BCUT2D eigenvalue weighted by molar-refractivity contribution is 5.87. The lowest BCUT2D eigenvalue weighted by Crippen LogP contribution is -2.12. The van der Waals surface area contributed by atoms with E-state index < -0.39 is 5.97 Å². The fourth-order valence-corrected chi connectivity index (χ4v) is 2.80. The first kappa shape index (κ1) is 15.7. The van der Waals surface area contributed by atoms with E-state index in [0.717, 1.165) is 5.92 Å². The highest BCUT2D eigenvalue weighted by atomic mass is 16.4. The van der Waals surface area contributed by atoms with Crippen LogP contribution in [0.25, 0.3) is 0 Å². The Bertz CT molecular complexity index is 373. The largest absolute Gasteiger partial charge is 0.478 e. The van der Waals surface area contributed by atoms with Gasteiger partial charge in [0.25, 0.3) is 0 Å². The van der Waals surface area contributed by atoms with E-state index in [1.54, 1.807) is 12.1 Å². The van der Waals surface area contributed by atoms with Crippen molar-refractivity contribution in [3.05, 3.63) is 35.4 Å². The molecule has 106 valence electrons. The summed E-state index contributed by atoms with van der Waals surface area (Å²) in [4.78, 5) is 10.8. The Morgan fingerprint density at radius 3 is 2.05 bits per heavy atom. The maximum Gasteiger partial charge on any atom is 0.335 e. The van der Waals surface area contributed by atoms with E-state index in [2.05, 4.69) is 6.92 Å². The molecule has 1 saturated carbocycles. The van der Waals surface area contributed by atoms with Crippen molar-refractivity contribution in [2.75, 3.05) is 0 Å². The van der Waals surface area contributed by atoms with Gasteiger partial charge in [-0.2, -0.15) is 0 Å². The van der Waals surface area contributed by atoms with Crippen LogP contribution in [-0.2, 0) is 0 Å². The summed E-state index contributed by atoms with van der Waals surface area (Å²) in [5, 5.41) is 8.85. The van der Waals surface area contributed by atoms with Crippen LogP contribution in [0.1, 0.15) is 74.7 Å². The summed E-state index contributed by atoms with van der Waals surface area (Å²) in [6.07, 6.45) is 6.45. The quantitative estimate of drug-likeness (QED) is 0.823. The monoisotopic (exact) mass is 262 g/mol. The smallest absolute Gasteiger partial charge is 0.335 e. The Morgan fingerprint density at radius 1 is 1.11 bits per heavy atom. The number of carboxylic acids is 1. The van der Waals surface area contributed by atoms with Crippen LogP contribution in [-0.4, -0.2) is 11.1 Å². The molecular weight excluding hydrogens is 236 g/mol. The van der Waals surface area contributed by atoms with Gasteiger partial charge in [0.1, 0.15) is 0 Å². The van der Waals surface area contributed by atoms with Crippen molar-refractivity contribution < 1.29 is 9.90 Å². The molecule has 0 unspecified atom stereocenters. The Morgan fingerprint density at radius 2 is 1.63 bits per heavy atom. The molecule has 2 heteroatoms. The summed E-state index contributed by atoms with van der Waals surface area (Å²) < 4.78 is 0. The summed E-state index contributed by atoms with van der Waals surface area (Å²) >= 11 is 0. The predicted octanol–water partition coefficient (Wildman–Crippen LogP) is 5.09. The normalized spacial score (nSPS) is 22.3. The van der Waals surface area contributed by atoms with Gasteiger partial charge in [0, 0.05) is 0 Å². The first-order valence-corrected chi connectivity index (χ1v) is 7.54. The van der Waals surface area contributed by atoms with Crippen molar-refractivity contribution in [1.82, 2.24) is 0 Å². The van der Waals surface area contributed by atoms with Gasteiger partial charge in [-0.15, -0.1) is 0 Å². The van der Waals surface area contributed by atoms with Crippen LogP contribution >= 0.6 is 0 Å². The molecule has 0 heterocycles. The third kappa shape index (κ3) is 4.38. The molecule has 1 aliphatic rings. The first-order chi connectivity index (χ1) is 9.20. The minimum Gasteiger partial charge on any atom is -0.478 e. The van der Waals surface area contributed by atoms with Crippen molar-refractivity contribution >= 4 is 5.97 Å². The third-order valence-electron chi connectivity index (χ3n) is 4.05. The number of rotatable bonds is 3. The van der Waals surface area contributed by atoms with Gasteiger partial charge in [-0.1, -0.05) is 39.3 Å². The minimum atomic E-state index is -0.841. The predicted molar refractivity (Wildman–Crippen MR) is 79.7 cm³/mol. The Balaban J connectivity index is 0.000000861. The van der Waals surface area contributed by atoms with Crippen molar-refractivity contribution in [2.24, 2.45) is 5.92 Å². The highest BCUT2D eigenvalue weighted by Gasteiger charge is 2.21. The molecule has 2 nitrogen and oxygen atoms in total. The van der Waals surface area contributed by atoms with E-state index in [1.165, 1.54) is 37.7 Å². The number of hydrogen-bond donors (Lipinski definition) is 1. The summed E-state index contributed by atoms with van der Waals surface area (Å²) in [6, 6.07) is 7.42. The summed E-state index contributed by atoms with van der Waals surface area (Å²) in [5.41, 5.74) is 1.69. The zero-order chi connectivity index (χ0) is 14.3. The number of carbonyl (C=O) groups is 1. The van der Waals surface area contributed by atoms with Gasteiger partial charge in [-0.25, -0.2) is 4.79 Å². The zero-order valence-corrected chi connectivity index (χ0v) is 12.4. The lowest BCUT2D eigenvalue weighted by Gasteiger charge is -2.28. The molecule has 1 aromatic rings. The maximum absolute atomic E-state index is 10.8. The van der Waals surface area contributed by atoms with Gasteiger partial charge >= 0.3 is 5.97 Å². The third-order valence-corrected chi connectivity index (χ3v) is 4.05. The van der Waals surface area contributed by atoms with Crippen LogP contribution < -0.4 is 0 Å². The van der Waals surface area contributed by atoms with Gasteiger partial charge in [0.2, 0.25) is 0 Å². The molecule has 0 saturated heterocycles. The lowest BCUT2D eigenvalue weighted by molar-refractivity contribution is 0.0697. The van der Waals surface area contributed by atoms with E-state index in [4.69, 9.17) is 5.11 Å². The molecule has 1 fully saturated rings. The van der Waals surface area contributed by atoms with Crippen molar-refractivity contribution in [1.29, 1.82) is 0 Å². The van der Waals surface area contributed by atoms with Gasteiger partial charge in [-0.3, -0.25) is 0 Å². The molecule has 0 amide bonds. The fraction of sp³-hybridized carbons (Fsp3) is 0.588. The average Bonchev–Trinajstić information content (AvgIpc) is 2.49. The molecule has 0 radical (unpaired) electrons. The topological polar surface area (TPSA) is 37.3 Å². The lowest BCUT2D eigenvalue weighted by atomic mass is 9.78. The van der Waals surface area contributed by atoms with E-state index in [9.17, 15) is 4.79 Å². The number of benzene rings is 1. The van der Waals surface area contributed by atoms with Crippen molar-refractivity contribution in [2.45, 2.75) is 58.8 Å². The van der Waals surface area contributed by atoms with Crippen molar-refractivity contribution in [3.63, 3.8) is 0 Å². The fourth-order valence-electron chi connectivity index (χ4n) is 2.80. The van der Waals surface area contributed by atoms with E-state index in [-0.39, 0.29) is 0 Å². The van der Waals surface area contributed by atoms with Crippen molar-refractivity contribution in [3.8, 4) is 0 Å². The van der Waals surface area contributed by atoms with Crippen LogP contribution in [0.2, 0.25) is 0 Å². The number of aromatic carboxylic acids is 1. The summed E-state index contributed by atoms with van der Waals surface area (Å²) in [6.45, 7) is 6.27. The summed E-state index contributed by atoms with van der Waals surface area (Å²) in [7, 11) is 0. The second kappa shape index (κ2) is 7.98. The molecule has 0 aromatic heterocycles. The molecule has 0 atom stereocenters. The second-order valence-corrected chi connectivity index (χ2v) is 5.05.